The summed E-state index contributed by atoms with van der Waals surface area (Å²) in [7, 11) is -0.666. The Morgan fingerprint density at radius 3 is 2.49 bits per heavy atom. The van der Waals surface area contributed by atoms with Crippen molar-refractivity contribution in [2.75, 3.05) is 25.1 Å². The van der Waals surface area contributed by atoms with Crippen molar-refractivity contribution in [3.8, 4) is 17.2 Å². The number of nitrogens with one attached hydrogen (secondary N) is 1. The van der Waals surface area contributed by atoms with Crippen LogP contribution in [0.5, 0.6) is 17.2 Å². The van der Waals surface area contributed by atoms with Gasteiger partial charge in [0.15, 0.2) is 6.10 Å². The number of benzene rings is 3. The average Bonchev–Trinajstić information content (AvgIpc) is 2.87. The number of amides is 1. The molecule has 1 aliphatic rings. The molecule has 2 unspecified atom stereocenters. The smallest absolute Gasteiger partial charge is 0.263 e. The highest BCUT2D eigenvalue weighted by atomic mass is 32.2. The van der Waals surface area contributed by atoms with Crippen LogP contribution < -0.4 is 23.8 Å². The number of fused-ring (bicyclic) bond motifs is 1. The molecule has 0 saturated heterocycles. The normalized spacial score (nSPS) is 16.0. The number of para-hydroxylation sites is 2. The summed E-state index contributed by atoms with van der Waals surface area (Å²) in [5.41, 5.74) is 1.80. The molecule has 3 aromatic carbocycles. The summed E-state index contributed by atoms with van der Waals surface area (Å²) in [6, 6.07) is 20.6. The van der Waals surface area contributed by atoms with E-state index >= 15 is 0 Å². The quantitative estimate of drug-likeness (QED) is 0.511. The van der Waals surface area contributed by atoms with Gasteiger partial charge in [-0.2, -0.15) is 0 Å². The number of nitrogens with zero attached hydrogens (tertiary/aromatic N) is 1. The van der Waals surface area contributed by atoms with Gasteiger partial charge in [-0.3, -0.25) is 9.10 Å². The van der Waals surface area contributed by atoms with Gasteiger partial charge in [0.2, 0.25) is 10.0 Å². The Kier molecular flexibility index (Phi) is 7.16. The molecule has 0 fully saturated rings. The third-order valence-corrected chi connectivity index (χ3v) is 7.53. The number of carbonyl (C=O) groups is 1. The number of carbonyl (C=O) groups excluding carboxylic acids is 1. The lowest BCUT2D eigenvalue weighted by molar-refractivity contribution is -0.128. The fourth-order valence-electron chi connectivity index (χ4n) is 4.03. The molecular formula is C26H28N2O6S. The van der Waals surface area contributed by atoms with Crippen LogP contribution in [0.1, 0.15) is 24.1 Å². The molecule has 1 heterocycles. The lowest BCUT2D eigenvalue weighted by Gasteiger charge is -2.35. The predicted octanol–water partition coefficient (Wildman–Crippen LogP) is 3.68. The fourth-order valence-corrected chi connectivity index (χ4v) is 5.61. The predicted molar refractivity (Wildman–Crippen MR) is 133 cm³/mol. The van der Waals surface area contributed by atoms with E-state index in [4.69, 9.17) is 14.2 Å². The molecule has 1 N–H and O–H groups in total. The van der Waals surface area contributed by atoms with E-state index in [-0.39, 0.29) is 12.3 Å². The molecule has 9 heteroatoms. The van der Waals surface area contributed by atoms with Crippen LogP contribution in [0, 0.1) is 0 Å². The van der Waals surface area contributed by atoms with E-state index in [1.54, 1.807) is 80.9 Å². The molecule has 184 valence electrons. The van der Waals surface area contributed by atoms with Gasteiger partial charge in [-0.05, 0) is 42.8 Å². The second-order valence-electron chi connectivity index (χ2n) is 8.19. The van der Waals surface area contributed by atoms with Gasteiger partial charge in [-0.1, -0.05) is 42.5 Å². The number of hydrogen-bond acceptors (Lipinski definition) is 6. The maximum absolute atomic E-state index is 13.4. The molecule has 3 aromatic rings. The average molecular weight is 497 g/mol. The molecular weight excluding hydrogens is 468 g/mol. The number of sulfonamides is 1. The SMILES string of the molecule is COc1ccc(OC)c(C(C)NC(=O)C2CN(S(=O)(=O)Cc3ccccc3)c3ccccc3O2)c1. The van der Waals surface area contributed by atoms with Crippen molar-refractivity contribution >= 4 is 21.6 Å². The largest absolute Gasteiger partial charge is 0.497 e. The van der Waals surface area contributed by atoms with Crippen LogP contribution in [0.3, 0.4) is 0 Å². The summed E-state index contributed by atoms with van der Waals surface area (Å²) in [6.07, 6.45) is -1.03. The van der Waals surface area contributed by atoms with Crippen LogP contribution in [0.15, 0.2) is 72.8 Å². The van der Waals surface area contributed by atoms with Crippen LogP contribution in [0.4, 0.5) is 5.69 Å². The van der Waals surface area contributed by atoms with Gasteiger partial charge >= 0.3 is 0 Å². The van der Waals surface area contributed by atoms with Gasteiger partial charge < -0.3 is 19.5 Å². The molecule has 0 saturated carbocycles. The van der Waals surface area contributed by atoms with Gasteiger partial charge in [0, 0.05) is 5.56 Å². The van der Waals surface area contributed by atoms with Crippen LogP contribution >= 0.6 is 0 Å². The molecule has 4 rings (SSSR count). The topological polar surface area (TPSA) is 94.2 Å². The minimum absolute atomic E-state index is 0.139. The minimum Gasteiger partial charge on any atom is -0.497 e. The standard InChI is InChI=1S/C26H28N2O6S/c1-18(21-15-20(32-2)13-14-23(21)33-3)27-26(29)25-16-28(22-11-7-8-12-24(22)34-25)35(30,31)17-19-9-5-4-6-10-19/h4-15,18,25H,16-17H2,1-3H3,(H,27,29). The number of methoxy groups -OCH3 is 2. The number of hydrogen-bond donors (Lipinski definition) is 1. The Hall–Kier alpha value is -3.72. The van der Waals surface area contributed by atoms with Crippen molar-refractivity contribution in [2.24, 2.45) is 0 Å². The van der Waals surface area contributed by atoms with Crippen molar-refractivity contribution < 1.29 is 27.4 Å². The van der Waals surface area contributed by atoms with E-state index in [1.807, 2.05) is 13.0 Å². The summed E-state index contributed by atoms with van der Waals surface area (Å²) in [6.45, 7) is 1.68. The number of anilines is 1. The summed E-state index contributed by atoms with van der Waals surface area (Å²) < 4.78 is 44.7. The summed E-state index contributed by atoms with van der Waals surface area (Å²) >= 11 is 0. The van der Waals surface area contributed by atoms with E-state index in [0.29, 0.717) is 28.5 Å². The van der Waals surface area contributed by atoms with E-state index in [1.165, 1.54) is 4.31 Å². The van der Waals surface area contributed by atoms with Crippen molar-refractivity contribution in [3.63, 3.8) is 0 Å². The van der Waals surface area contributed by atoms with Crippen LogP contribution in [0.25, 0.3) is 0 Å². The second-order valence-corrected chi connectivity index (χ2v) is 10.1. The Balaban J connectivity index is 1.58. The van der Waals surface area contributed by atoms with Crippen molar-refractivity contribution in [1.82, 2.24) is 5.32 Å². The molecule has 1 aliphatic heterocycles. The van der Waals surface area contributed by atoms with Crippen molar-refractivity contribution in [1.29, 1.82) is 0 Å². The van der Waals surface area contributed by atoms with Gasteiger partial charge in [0.1, 0.15) is 17.2 Å². The highest BCUT2D eigenvalue weighted by molar-refractivity contribution is 7.92. The summed E-state index contributed by atoms with van der Waals surface area (Å²) in [5, 5.41) is 2.92. The highest BCUT2D eigenvalue weighted by Gasteiger charge is 2.37. The molecule has 2 atom stereocenters. The first-order valence-electron chi connectivity index (χ1n) is 11.1. The monoisotopic (exact) mass is 496 g/mol. The van der Waals surface area contributed by atoms with Crippen molar-refractivity contribution in [2.45, 2.75) is 24.8 Å². The Morgan fingerprint density at radius 2 is 1.77 bits per heavy atom. The number of rotatable bonds is 8. The van der Waals surface area contributed by atoms with Crippen LogP contribution in [-0.2, 0) is 20.6 Å². The molecule has 1 amide bonds. The molecule has 0 radical (unpaired) electrons. The van der Waals surface area contributed by atoms with Crippen molar-refractivity contribution in [3.05, 3.63) is 83.9 Å². The molecule has 35 heavy (non-hydrogen) atoms. The van der Waals surface area contributed by atoms with Gasteiger partial charge in [-0.15, -0.1) is 0 Å². The molecule has 0 aromatic heterocycles. The zero-order valence-corrected chi connectivity index (χ0v) is 20.6. The first kappa shape index (κ1) is 24.4. The van der Waals surface area contributed by atoms with E-state index < -0.39 is 28.1 Å². The first-order valence-corrected chi connectivity index (χ1v) is 12.8. The Labute approximate surface area is 205 Å². The molecule has 0 aliphatic carbocycles. The fraction of sp³-hybridized carbons (Fsp3) is 0.269. The zero-order valence-electron chi connectivity index (χ0n) is 19.8. The Bertz CT molecular complexity index is 1300. The van der Waals surface area contributed by atoms with Crippen LogP contribution in [-0.4, -0.2) is 41.2 Å². The highest BCUT2D eigenvalue weighted by Crippen LogP contribution is 2.36. The summed E-state index contributed by atoms with van der Waals surface area (Å²) in [4.78, 5) is 13.2. The molecule has 0 spiro atoms. The zero-order chi connectivity index (χ0) is 25.0. The second kappa shape index (κ2) is 10.3. The van der Waals surface area contributed by atoms with E-state index in [0.717, 1.165) is 5.56 Å². The van der Waals surface area contributed by atoms with Gasteiger partial charge in [-0.25, -0.2) is 8.42 Å². The third-order valence-electron chi connectivity index (χ3n) is 5.82. The molecule has 0 bridgehead atoms. The maximum atomic E-state index is 13.4. The lowest BCUT2D eigenvalue weighted by Crippen LogP contribution is -2.51. The van der Waals surface area contributed by atoms with Gasteiger partial charge in [0.05, 0.1) is 38.2 Å². The maximum Gasteiger partial charge on any atom is 0.263 e. The minimum atomic E-state index is -3.78. The third kappa shape index (κ3) is 5.35. The first-order chi connectivity index (χ1) is 16.8. The lowest BCUT2D eigenvalue weighted by atomic mass is 10.1. The van der Waals surface area contributed by atoms with Crippen LogP contribution in [0.2, 0.25) is 0 Å². The van der Waals surface area contributed by atoms with E-state index in [2.05, 4.69) is 5.32 Å². The van der Waals surface area contributed by atoms with E-state index in [9.17, 15) is 13.2 Å². The summed E-state index contributed by atoms with van der Waals surface area (Å²) in [5.74, 6) is 0.941. The van der Waals surface area contributed by atoms with Gasteiger partial charge in [0.25, 0.3) is 5.91 Å². The Morgan fingerprint density at radius 1 is 1.06 bits per heavy atom. The number of ether oxygens (including phenoxy) is 3. The molecule has 8 nitrogen and oxygen atoms in total.